The molecule has 154 valence electrons. The minimum absolute atomic E-state index is 0.0793. The first kappa shape index (κ1) is 19.3. The van der Waals surface area contributed by atoms with Gasteiger partial charge in [0.25, 0.3) is 0 Å². The minimum Gasteiger partial charge on any atom is -0.494 e. The van der Waals surface area contributed by atoms with Crippen LogP contribution in [0.3, 0.4) is 0 Å². The summed E-state index contributed by atoms with van der Waals surface area (Å²) in [5.41, 5.74) is 4.50. The number of nitrogens with one attached hydrogen (secondary N) is 1. The molecule has 0 unspecified atom stereocenters. The smallest absolute Gasteiger partial charge is 0.199 e. The number of hydrogen-bond donors (Lipinski definition) is 2. The molecule has 2 aromatic carbocycles. The summed E-state index contributed by atoms with van der Waals surface area (Å²) in [6.07, 6.45) is 3.84. The quantitative estimate of drug-likeness (QED) is 0.411. The number of oxime groups is 1. The normalized spacial score (nSPS) is 18.0. The van der Waals surface area contributed by atoms with Gasteiger partial charge in [0, 0.05) is 27.5 Å². The fourth-order valence-corrected chi connectivity index (χ4v) is 4.55. The number of likely N-dealkylation sites (tertiary alicyclic amines) is 1. The number of aromatic amines is 1. The Morgan fingerprint density at radius 3 is 2.83 bits per heavy atom. The lowest BCUT2D eigenvalue weighted by molar-refractivity contribution is 0.103. The zero-order valence-electron chi connectivity index (χ0n) is 16.6. The molecule has 7 heteroatoms. The van der Waals surface area contributed by atoms with Gasteiger partial charge < -0.3 is 14.9 Å². The number of halogens is 1. The van der Waals surface area contributed by atoms with Crippen LogP contribution in [0.25, 0.3) is 10.9 Å². The fourth-order valence-electron chi connectivity index (χ4n) is 4.19. The summed E-state index contributed by atoms with van der Waals surface area (Å²) in [6.45, 7) is 3.67. The summed E-state index contributed by atoms with van der Waals surface area (Å²) in [5.74, 6) is 0.0793. The first-order chi connectivity index (χ1) is 14.7. The first-order valence-corrected chi connectivity index (χ1v) is 11.1. The van der Waals surface area contributed by atoms with E-state index in [1.807, 2.05) is 42.5 Å². The number of rotatable bonds is 5. The predicted octanol–water partition coefficient (Wildman–Crippen LogP) is 4.98. The Kier molecular flexibility index (Phi) is 5.31. The second-order valence-electron chi connectivity index (χ2n) is 7.69. The van der Waals surface area contributed by atoms with Crippen LogP contribution in [0.2, 0.25) is 0 Å². The van der Waals surface area contributed by atoms with Crippen LogP contribution in [0.1, 0.15) is 30.4 Å². The molecule has 2 aliphatic heterocycles. The van der Waals surface area contributed by atoms with Gasteiger partial charge in [0.05, 0.1) is 11.3 Å². The third-order valence-electron chi connectivity index (χ3n) is 5.70. The summed E-state index contributed by atoms with van der Waals surface area (Å²) in [5, 5.41) is 16.0. The van der Waals surface area contributed by atoms with E-state index in [4.69, 9.17) is 9.83 Å². The highest BCUT2D eigenvalue weighted by atomic mass is 79.9. The molecule has 0 saturated carbocycles. The van der Waals surface area contributed by atoms with Crippen molar-refractivity contribution in [3.05, 3.63) is 58.1 Å². The Morgan fingerprint density at radius 2 is 1.97 bits per heavy atom. The molecule has 6 nitrogen and oxygen atoms in total. The van der Waals surface area contributed by atoms with Gasteiger partial charge in [0.1, 0.15) is 18.0 Å². The van der Waals surface area contributed by atoms with Gasteiger partial charge in [0.2, 0.25) is 0 Å². The van der Waals surface area contributed by atoms with Crippen molar-refractivity contribution in [2.45, 2.75) is 19.3 Å². The van der Waals surface area contributed by atoms with E-state index in [9.17, 15) is 5.11 Å². The van der Waals surface area contributed by atoms with Crippen LogP contribution in [-0.2, 0) is 4.84 Å². The molecule has 1 saturated heterocycles. The Bertz CT molecular complexity index is 1150. The number of aromatic nitrogens is 1. The lowest BCUT2D eigenvalue weighted by atomic mass is 10.0. The van der Waals surface area contributed by atoms with Crippen LogP contribution < -0.4 is 0 Å². The molecule has 3 aromatic rings. The zero-order chi connectivity index (χ0) is 20.5. The van der Waals surface area contributed by atoms with Gasteiger partial charge in [-0.05, 0) is 50.2 Å². The lowest BCUT2D eigenvalue weighted by Gasteiger charge is -2.25. The van der Waals surface area contributed by atoms with Crippen molar-refractivity contribution >= 4 is 43.9 Å². The molecule has 0 spiro atoms. The van der Waals surface area contributed by atoms with E-state index in [-0.39, 0.29) is 5.88 Å². The number of hydrogen-bond acceptors (Lipinski definition) is 5. The van der Waals surface area contributed by atoms with Gasteiger partial charge in [-0.3, -0.25) is 4.90 Å². The number of para-hydroxylation sites is 1. The second-order valence-corrected chi connectivity index (χ2v) is 8.61. The summed E-state index contributed by atoms with van der Waals surface area (Å²) >= 11 is 3.52. The molecule has 0 bridgehead atoms. The molecule has 0 radical (unpaired) electrons. The highest BCUT2D eigenvalue weighted by molar-refractivity contribution is 9.10. The van der Waals surface area contributed by atoms with Crippen LogP contribution in [0.4, 0.5) is 5.69 Å². The summed E-state index contributed by atoms with van der Waals surface area (Å²) < 4.78 is 0.933. The number of aliphatic imine (C=N–C) groups is 1. The summed E-state index contributed by atoms with van der Waals surface area (Å²) in [7, 11) is 0. The standard InChI is InChI=1S/C23H23BrN4O2/c24-15-8-9-19-17(14-15)20(23(29)26-19)22-21(16-6-2-3-7-18(16)25-22)27-30-13-12-28-10-4-1-5-11-28/h2-3,6-9,14,26,29H,1,4-5,10-13H2/b27-21+. The van der Waals surface area contributed by atoms with Crippen LogP contribution in [0.5, 0.6) is 5.88 Å². The molecule has 5 rings (SSSR count). The molecular formula is C23H23BrN4O2. The largest absolute Gasteiger partial charge is 0.494 e. The van der Waals surface area contributed by atoms with Gasteiger partial charge in [-0.2, -0.15) is 0 Å². The highest BCUT2D eigenvalue weighted by Gasteiger charge is 2.29. The van der Waals surface area contributed by atoms with Crippen LogP contribution >= 0.6 is 15.9 Å². The van der Waals surface area contributed by atoms with Crippen molar-refractivity contribution in [1.29, 1.82) is 0 Å². The van der Waals surface area contributed by atoms with Crippen molar-refractivity contribution in [3.8, 4) is 5.88 Å². The Labute approximate surface area is 183 Å². The van der Waals surface area contributed by atoms with Crippen molar-refractivity contribution in [1.82, 2.24) is 9.88 Å². The predicted molar refractivity (Wildman–Crippen MR) is 123 cm³/mol. The minimum atomic E-state index is 0.0793. The molecule has 2 N–H and O–H groups in total. The van der Waals surface area contributed by atoms with Crippen molar-refractivity contribution in [2.75, 3.05) is 26.2 Å². The summed E-state index contributed by atoms with van der Waals surface area (Å²) in [6, 6.07) is 13.7. The average Bonchev–Trinajstić information content (AvgIpc) is 3.28. The fraction of sp³-hybridized carbons (Fsp3) is 0.304. The lowest BCUT2D eigenvalue weighted by Crippen LogP contribution is -2.32. The number of fused-ring (bicyclic) bond motifs is 2. The van der Waals surface area contributed by atoms with E-state index in [0.29, 0.717) is 23.6 Å². The molecule has 1 aromatic heterocycles. The third-order valence-corrected chi connectivity index (χ3v) is 6.19. The zero-order valence-corrected chi connectivity index (χ0v) is 18.2. The second kappa shape index (κ2) is 8.24. The number of H-pyrrole nitrogens is 1. The molecule has 0 aliphatic carbocycles. The van der Waals surface area contributed by atoms with Crippen LogP contribution in [-0.4, -0.2) is 52.7 Å². The van der Waals surface area contributed by atoms with Crippen molar-refractivity contribution < 1.29 is 9.94 Å². The topological polar surface area (TPSA) is 73.2 Å². The molecular weight excluding hydrogens is 444 g/mol. The molecule has 2 aliphatic rings. The van der Waals surface area contributed by atoms with E-state index >= 15 is 0 Å². The Morgan fingerprint density at radius 1 is 1.13 bits per heavy atom. The third kappa shape index (κ3) is 3.63. The molecule has 3 heterocycles. The summed E-state index contributed by atoms with van der Waals surface area (Å²) in [4.78, 5) is 16.0. The van der Waals surface area contributed by atoms with E-state index in [1.165, 1.54) is 19.3 Å². The maximum Gasteiger partial charge on any atom is 0.199 e. The van der Waals surface area contributed by atoms with Crippen LogP contribution in [0.15, 0.2) is 57.1 Å². The van der Waals surface area contributed by atoms with Gasteiger partial charge in [-0.1, -0.05) is 45.7 Å². The van der Waals surface area contributed by atoms with E-state index in [2.05, 4.69) is 31.0 Å². The SMILES string of the molecule is Oc1[nH]c2ccc(Br)cc2c1C1=Nc2ccccc2/C1=N\OCCN1CCCCC1. The van der Waals surface area contributed by atoms with E-state index < -0.39 is 0 Å². The Balaban J connectivity index is 1.46. The number of aromatic hydroxyl groups is 1. The molecule has 0 amide bonds. The number of piperidine rings is 1. The highest BCUT2D eigenvalue weighted by Crippen LogP contribution is 2.36. The maximum absolute atomic E-state index is 10.7. The Hall–Kier alpha value is -2.64. The van der Waals surface area contributed by atoms with E-state index in [0.717, 1.165) is 46.3 Å². The average molecular weight is 467 g/mol. The molecule has 0 atom stereocenters. The monoisotopic (exact) mass is 466 g/mol. The van der Waals surface area contributed by atoms with Gasteiger partial charge in [0.15, 0.2) is 5.88 Å². The number of benzene rings is 2. The van der Waals surface area contributed by atoms with Gasteiger partial charge in [-0.25, -0.2) is 4.99 Å². The van der Waals surface area contributed by atoms with Gasteiger partial charge in [-0.15, -0.1) is 0 Å². The maximum atomic E-state index is 10.7. The van der Waals surface area contributed by atoms with Crippen molar-refractivity contribution in [2.24, 2.45) is 10.1 Å². The molecule has 30 heavy (non-hydrogen) atoms. The number of nitrogens with zero attached hydrogens (tertiary/aromatic N) is 3. The molecule has 1 fully saturated rings. The first-order valence-electron chi connectivity index (χ1n) is 10.3. The van der Waals surface area contributed by atoms with Gasteiger partial charge >= 0.3 is 0 Å². The van der Waals surface area contributed by atoms with Crippen LogP contribution in [0, 0.1) is 0 Å². The van der Waals surface area contributed by atoms with Crippen molar-refractivity contribution in [3.63, 3.8) is 0 Å². The van der Waals surface area contributed by atoms with E-state index in [1.54, 1.807) is 0 Å².